The van der Waals surface area contributed by atoms with Crippen molar-refractivity contribution in [3.63, 3.8) is 0 Å². The third-order valence-electron chi connectivity index (χ3n) is 2.99. The van der Waals surface area contributed by atoms with Crippen molar-refractivity contribution in [2.24, 2.45) is 0 Å². The quantitative estimate of drug-likeness (QED) is 0.640. The summed E-state index contributed by atoms with van der Waals surface area (Å²) in [5.74, 6) is 3.29. The highest BCUT2D eigenvalue weighted by Crippen LogP contribution is 2.20. The summed E-state index contributed by atoms with van der Waals surface area (Å²) in [6.45, 7) is 2.89. The minimum absolute atomic E-state index is 0.372. The zero-order valence-corrected chi connectivity index (χ0v) is 12.9. The molecule has 0 atom stereocenters. The highest BCUT2D eigenvalue weighted by Gasteiger charge is 2.18. The number of hydrogen-bond acceptors (Lipinski definition) is 6. The molecular formula is C12H20N4OS2. The van der Waals surface area contributed by atoms with E-state index < -0.39 is 10.8 Å². The normalized spacial score (nSPS) is 23.1. The van der Waals surface area contributed by atoms with Crippen molar-refractivity contribution in [1.82, 2.24) is 9.97 Å². The number of nitrogens with one attached hydrogen (secondary N) is 2. The molecule has 0 aromatic carbocycles. The van der Waals surface area contributed by atoms with Crippen molar-refractivity contribution in [2.75, 3.05) is 34.9 Å². The van der Waals surface area contributed by atoms with Crippen LogP contribution in [0.1, 0.15) is 19.8 Å². The Balaban J connectivity index is 2.06. The Bertz CT molecular complexity index is 445. The molecule has 19 heavy (non-hydrogen) atoms. The van der Waals surface area contributed by atoms with Gasteiger partial charge in [-0.05, 0) is 26.0 Å². The van der Waals surface area contributed by atoms with Crippen LogP contribution in [0.25, 0.3) is 0 Å². The molecule has 1 saturated heterocycles. The van der Waals surface area contributed by atoms with Gasteiger partial charge in [-0.3, -0.25) is 4.21 Å². The third kappa shape index (κ3) is 4.35. The van der Waals surface area contributed by atoms with Crippen LogP contribution in [0.15, 0.2) is 11.2 Å². The Morgan fingerprint density at radius 1 is 1.37 bits per heavy atom. The highest BCUT2D eigenvalue weighted by molar-refractivity contribution is 7.98. The van der Waals surface area contributed by atoms with Crippen molar-refractivity contribution in [1.29, 1.82) is 0 Å². The van der Waals surface area contributed by atoms with Crippen LogP contribution in [-0.4, -0.2) is 44.5 Å². The van der Waals surface area contributed by atoms with Crippen LogP contribution in [0, 0.1) is 0 Å². The number of rotatable bonds is 5. The summed E-state index contributed by atoms with van der Waals surface area (Å²) in [7, 11) is -0.622. The summed E-state index contributed by atoms with van der Waals surface area (Å²) in [5.41, 5.74) is 0. The minimum Gasteiger partial charge on any atom is -0.370 e. The second-order valence-corrected chi connectivity index (χ2v) is 6.89. The highest BCUT2D eigenvalue weighted by atomic mass is 32.2. The van der Waals surface area contributed by atoms with Crippen molar-refractivity contribution in [2.45, 2.75) is 31.0 Å². The fraction of sp³-hybridized carbons (Fsp3) is 0.667. The van der Waals surface area contributed by atoms with E-state index in [0.717, 1.165) is 47.7 Å². The van der Waals surface area contributed by atoms with Gasteiger partial charge in [-0.2, -0.15) is 0 Å². The third-order valence-corrected chi connectivity index (χ3v) is 4.92. The number of aromatic nitrogens is 2. The molecule has 1 fully saturated rings. The van der Waals surface area contributed by atoms with E-state index in [1.165, 1.54) is 11.8 Å². The van der Waals surface area contributed by atoms with Crippen LogP contribution in [0.4, 0.5) is 11.6 Å². The van der Waals surface area contributed by atoms with E-state index >= 15 is 0 Å². The molecular weight excluding hydrogens is 280 g/mol. The SMILES string of the molecule is CCNc1cc(NC2CCS(=O)CC2)nc(SC)n1. The smallest absolute Gasteiger partial charge is 0.191 e. The molecule has 5 nitrogen and oxygen atoms in total. The van der Waals surface area contributed by atoms with Gasteiger partial charge in [0.15, 0.2) is 5.16 Å². The molecule has 0 aliphatic carbocycles. The van der Waals surface area contributed by atoms with Gasteiger partial charge in [0.2, 0.25) is 0 Å². The summed E-state index contributed by atoms with van der Waals surface area (Å²) >= 11 is 1.53. The molecule has 106 valence electrons. The van der Waals surface area contributed by atoms with Gasteiger partial charge in [0, 0.05) is 41.0 Å². The molecule has 0 spiro atoms. The van der Waals surface area contributed by atoms with Crippen LogP contribution in [-0.2, 0) is 10.8 Å². The predicted molar refractivity (Wildman–Crippen MR) is 82.5 cm³/mol. The van der Waals surface area contributed by atoms with Crippen molar-refractivity contribution in [3.8, 4) is 0 Å². The van der Waals surface area contributed by atoms with Crippen LogP contribution in [0.2, 0.25) is 0 Å². The predicted octanol–water partition coefficient (Wildman–Crippen LogP) is 1.95. The number of anilines is 2. The second-order valence-electron chi connectivity index (χ2n) is 4.42. The topological polar surface area (TPSA) is 66.9 Å². The van der Waals surface area contributed by atoms with Gasteiger partial charge in [-0.1, -0.05) is 11.8 Å². The van der Waals surface area contributed by atoms with E-state index in [9.17, 15) is 4.21 Å². The van der Waals surface area contributed by atoms with E-state index in [0.29, 0.717) is 6.04 Å². The molecule has 0 amide bonds. The largest absolute Gasteiger partial charge is 0.370 e. The molecule has 0 bridgehead atoms. The molecule has 1 aliphatic heterocycles. The number of thioether (sulfide) groups is 1. The molecule has 2 N–H and O–H groups in total. The number of hydrogen-bond donors (Lipinski definition) is 2. The zero-order valence-electron chi connectivity index (χ0n) is 11.3. The van der Waals surface area contributed by atoms with Crippen molar-refractivity contribution < 1.29 is 4.21 Å². The first kappa shape index (κ1) is 14.6. The first-order valence-electron chi connectivity index (χ1n) is 6.49. The molecule has 1 aliphatic rings. The van der Waals surface area contributed by atoms with E-state index in [2.05, 4.69) is 20.6 Å². The molecule has 2 heterocycles. The van der Waals surface area contributed by atoms with Crippen LogP contribution < -0.4 is 10.6 Å². The van der Waals surface area contributed by atoms with E-state index in [1.807, 2.05) is 19.2 Å². The van der Waals surface area contributed by atoms with E-state index in [1.54, 1.807) is 0 Å². The van der Waals surface area contributed by atoms with E-state index in [4.69, 9.17) is 0 Å². The maximum atomic E-state index is 11.3. The van der Waals surface area contributed by atoms with Gasteiger partial charge in [0.25, 0.3) is 0 Å². The average Bonchev–Trinajstić information content (AvgIpc) is 2.41. The fourth-order valence-corrected chi connectivity index (χ4v) is 3.69. The lowest BCUT2D eigenvalue weighted by Gasteiger charge is -2.23. The molecule has 1 aromatic heterocycles. The van der Waals surface area contributed by atoms with Crippen LogP contribution in [0.3, 0.4) is 0 Å². The summed E-state index contributed by atoms with van der Waals surface area (Å²) in [4.78, 5) is 8.87. The molecule has 2 rings (SSSR count). The Hall–Kier alpha value is -0.820. The monoisotopic (exact) mass is 300 g/mol. The van der Waals surface area contributed by atoms with Gasteiger partial charge >= 0.3 is 0 Å². The first-order valence-corrected chi connectivity index (χ1v) is 9.21. The summed E-state index contributed by atoms with van der Waals surface area (Å²) in [6.07, 6.45) is 3.86. The summed E-state index contributed by atoms with van der Waals surface area (Å²) in [6, 6.07) is 2.31. The van der Waals surface area contributed by atoms with Gasteiger partial charge in [0.05, 0.1) is 0 Å². The molecule has 7 heteroatoms. The number of nitrogens with zero attached hydrogens (tertiary/aromatic N) is 2. The Kier molecular flexibility index (Phi) is 5.45. The standard InChI is InChI=1S/C12H20N4OS2/c1-3-13-10-8-11(16-12(15-10)18-2)14-9-4-6-19(17)7-5-9/h8-9H,3-7H2,1-2H3,(H2,13,14,15,16). The lowest BCUT2D eigenvalue weighted by molar-refractivity contribution is 0.621. The maximum Gasteiger partial charge on any atom is 0.191 e. The fourth-order valence-electron chi connectivity index (χ4n) is 2.01. The van der Waals surface area contributed by atoms with E-state index in [-0.39, 0.29) is 0 Å². The van der Waals surface area contributed by atoms with Gasteiger partial charge in [0.1, 0.15) is 11.6 Å². The Labute approximate surface area is 120 Å². The second kappa shape index (κ2) is 7.09. The molecule has 1 aromatic rings. The summed E-state index contributed by atoms with van der Waals surface area (Å²) in [5, 5.41) is 7.41. The van der Waals surface area contributed by atoms with Gasteiger partial charge in [-0.25, -0.2) is 9.97 Å². The average molecular weight is 300 g/mol. The van der Waals surface area contributed by atoms with Crippen LogP contribution in [0.5, 0.6) is 0 Å². The minimum atomic E-state index is -0.622. The van der Waals surface area contributed by atoms with Gasteiger partial charge in [-0.15, -0.1) is 0 Å². The Morgan fingerprint density at radius 3 is 2.68 bits per heavy atom. The molecule has 0 radical (unpaired) electrons. The van der Waals surface area contributed by atoms with Crippen molar-refractivity contribution >= 4 is 34.2 Å². The van der Waals surface area contributed by atoms with Crippen molar-refractivity contribution in [3.05, 3.63) is 6.07 Å². The lowest BCUT2D eigenvalue weighted by atomic mass is 10.1. The first-order chi connectivity index (χ1) is 9.21. The molecule has 0 saturated carbocycles. The Morgan fingerprint density at radius 2 is 2.05 bits per heavy atom. The summed E-state index contributed by atoms with van der Waals surface area (Å²) < 4.78 is 11.3. The van der Waals surface area contributed by atoms with Crippen LogP contribution >= 0.6 is 11.8 Å². The maximum absolute atomic E-state index is 11.3. The zero-order chi connectivity index (χ0) is 13.7. The van der Waals surface area contributed by atoms with Gasteiger partial charge < -0.3 is 10.6 Å². The molecule has 0 unspecified atom stereocenters. The lowest BCUT2D eigenvalue weighted by Crippen LogP contribution is -2.29.